The van der Waals surface area contributed by atoms with Crippen LogP contribution >= 0.6 is 0 Å². The number of benzene rings is 1. The minimum absolute atomic E-state index is 0.157. The summed E-state index contributed by atoms with van der Waals surface area (Å²) in [4.78, 5) is 10.2. The van der Waals surface area contributed by atoms with Crippen LogP contribution in [0.2, 0.25) is 0 Å². The van der Waals surface area contributed by atoms with Gasteiger partial charge in [-0.25, -0.2) is 0 Å². The number of anilines is 1. The van der Waals surface area contributed by atoms with Gasteiger partial charge in [-0.2, -0.15) is 0 Å². The molecule has 1 rings (SSSR count). The molecule has 1 aromatic rings. The van der Waals surface area contributed by atoms with Gasteiger partial charge in [0.2, 0.25) is 0 Å². The summed E-state index contributed by atoms with van der Waals surface area (Å²) in [5.74, 6) is 0. The van der Waals surface area contributed by atoms with E-state index in [-0.39, 0.29) is 10.6 Å². The Morgan fingerprint density at radius 1 is 1.60 bits per heavy atom. The summed E-state index contributed by atoms with van der Waals surface area (Å²) in [7, 11) is 0. The van der Waals surface area contributed by atoms with Crippen molar-refractivity contribution < 1.29 is 4.92 Å². The van der Waals surface area contributed by atoms with E-state index in [1.807, 2.05) is 6.08 Å². The third kappa shape index (κ3) is 3.09. The van der Waals surface area contributed by atoms with Crippen molar-refractivity contribution in [3.8, 4) is 0 Å². The summed E-state index contributed by atoms with van der Waals surface area (Å²) in [5.41, 5.74) is 1.73. The molecular weight excluding hydrogens is 192 g/mol. The zero-order chi connectivity index (χ0) is 11.3. The first-order valence-electron chi connectivity index (χ1n) is 4.75. The second-order valence-corrected chi connectivity index (χ2v) is 3.26. The Balaban J connectivity index is 2.73. The van der Waals surface area contributed by atoms with Crippen molar-refractivity contribution in [2.75, 3.05) is 11.9 Å². The molecule has 0 aliphatic heterocycles. The second-order valence-electron chi connectivity index (χ2n) is 3.26. The smallest absolute Gasteiger partial charge is 0.272 e. The first kappa shape index (κ1) is 11.2. The molecule has 0 bridgehead atoms. The van der Waals surface area contributed by atoms with Gasteiger partial charge in [0.05, 0.1) is 4.92 Å². The topological polar surface area (TPSA) is 55.2 Å². The number of rotatable bonds is 5. The Morgan fingerprint density at radius 2 is 2.33 bits per heavy atom. The summed E-state index contributed by atoms with van der Waals surface area (Å²) in [6, 6.07) is 5.01. The van der Waals surface area contributed by atoms with Gasteiger partial charge in [0, 0.05) is 23.9 Å². The fourth-order valence-corrected chi connectivity index (χ4v) is 1.29. The van der Waals surface area contributed by atoms with Crippen LogP contribution in [0.4, 0.5) is 11.4 Å². The number of aryl methyl sites for hydroxylation is 1. The van der Waals surface area contributed by atoms with Crippen LogP contribution in [0.1, 0.15) is 12.0 Å². The highest BCUT2D eigenvalue weighted by Gasteiger charge is 2.09. The lowest BCUT2D eigenvalue weighted by Gasteiger charge is -2.05. The van der Waals surface area contributed by atoms with Crippen molar-refractivity contribution in [3.63, 3.8) is 0 Å². The Labute approximate surface area is 88.8 Å². The fourth-order valence-electron chi connectivity index (χ4n) is 1.29. The largest absolute Gasteiger partial charge is 0.385 e. The van der Waals surface area contributed by atoms with Crippen molar-refractivity contribution >= 4 is 11.4 Å². The van der Waals surface area contributed by atoms with Gasteiger partial charge in [-0.1, -0.05) is 6.08 Å². The van der Waals surface area contributed by atoms with Crippen LogP contribution in [0.15, 0.2) is 30.9 Å². The fraction of sp³-hybridized carbons (Fsp3) is 0.273. The van der Waals surface area contributed by atoms with Crippen molar-refractivity contribution in [2.24, 2.45) is 0 Å². The van der Waals surface area contributed by atoms with Crippen LogP contribution in [0.5, 0.6) is 0 Å². The molecule has 1 aromatic carbocycles. The van der Waals surface area contributed by atoms with Crippen LogP contribution in [-0.4, -0.2) is 11.5 Å². The van der Waals surface area contributed by atoms with Crippen molar-refractivity contribution in [1.29, 1.82) is 0 Å². The van der Waals surface area contributed by atoms with Gasteiger partial charge in [-0.05, 0) is 25.5 Å². The summed E-state index contributed by atoms with van der Waals surface area (Å²) >= 11 is 0. The molecule has 0 heterocycles. The first-order chi connectivity index (χ1) is 7.15. The molecular formula is C11H14N2O2. The van der Waals surface area contributed by atoms with Gasteiger partial charge in [0.25, 0.3) is 5.69 Å². The van der Waals surface area contributed by atoms with E-state index >= 15 is 0 Å². The lowest BCUT2D eigenvalue weighted by atomic mass is 10.2. The van der Waals surface area contributed by atoms with Crippen molar-refractivity contribution in [3.05, 3.63) is 46.5 Å². The zero-order valence-corrected chi connectivity index (χ0v) is 8.69. The molecule has 0 spiro atoms. The van der Waals surface area contributed by atoms with E-state index in [0.29, 0.717) is 5.56 Å². The van der Waals surface area contributed by atoms with Gasteiger partial charge < -0.3 is 5.32 Å². The van der Waals surface area contributed by atoms with Crippen LogP contribution < -0.4 is 5.32 Å². The van der Waals surface area contributed by atoms with E-state index in [1.165, 1.54) is 6.07 Å². The minimum atomic E-state index is -0.372. The minimum Gasteiger partial charge on any atom is -0.385 e. The molecule has 0 aliphatic carbocycles. The molecule has 80 valence electrons. The van der Waals surface area contributed by atoms with Gasteiger partial charge in [0.15, 0.2) is 0 Å². The maximum absolute atomic E-state index is 10.6. The molecule has 0 unspecified atom stereocenters. The summed E-state index contributed by atoms with van der Waals surface area (Å²) in [6.07, 6.45) is 2.70. The number of nitrogens with zero attached hydrogens (tertiary/aromatic N) is 1. The van der Waals surface area contributed by atoms with Gasteiger partial charge in [-0.15, -0.1) is 6.58 Å². The number of nitro benzene ring substituents is 1. The SMILES string of the molecule is C=CCCNc1ccc([N+](=O)[O-])c(C)c1. The highest BCUT2D eigenvalue weighted by molar-refractivity contribution is 5.53. The number of nitrogens with one attached hydrogen (secondary N) is 1. The number of hydrogen-bond acceptors (Lipinski definition) is 3. The van der Waals surface area contributed by atoms with Crippen molar-refractivity contribution in [2.45, 2.75) is 13.3 Å². The predicted molar refractivity (Wildman–Crippen MR) is 61.1 cm³/mol. The highest BCUT2D eigenvalue weighted by atomic mass is 16.6. The summed E-state index contributed by atoms with van der Waals surface area (Å²) in [6.45, 7) is 6.14. The van der Waals surface area contributed by atoms with Crippen LogP contribution in [0.25, 0.3) is 0 Å². The molecule has 0 amide bonds. The Morgan fingerprint density at radius 3 is 2.87 bits per heavy atom. The van der Waals surface area contributed by atoms with Crippen LogP contribution in [0, 0.1) is 17.0 Å². The van der Waals surface area contributed by atoms with E-state index in [9.17, 15) is 10.1 Å². The third-order valence-corrected chi connectivity index (χ3v) is 2.07. The van der Waals surface area contributed by atoms with Crippen LogP contribution in [0.3, 0.4) is 0 Å². The highest BCUT2D eigenvalue weighted by Crippen LogP contribution is 2.21. The van der Waals surface area contributed by atoms with Crippen LogP contribution in [-0.2, 0) is 0 Å². The molecule has 15 heavy (non-hydrogen) atoms. The van der Waals surface area contributed by atoms with Gasteiger partial charge in [0.1, 0.15) is 0 Å². The second kappa shape index (κ2) is 5.14. The maximum Gasteiger partial charge on any atom is 0.272 e. The average molecular weight is 206 g/mol. The standard InChI is InChI=1S/C11H14N2O2/c1-3-4-7-12-10-5-6-11(13(14)15)9(2)8-10/h3,5-6,8,12H,1,4,7H2,2H3. The molecule has 0 saturated carbocycles. The van der Waals surface area contributed by atoms with E-state index < -0.39 is 0 Å². The maximum atomic E-state index is 10.6. The quantitative estimate of drug-likeness (QED) is 0.349. The zero-order valence-electron chi connectivity index (χ0n) is 8.69. The normalized spacial score (nSPS) is 9.67. The predicted octanol–water partition coefficient (Wildman–Crippen LogP) is 2.89. The Hall–Kier alpha value is -1.84. The number of nitro groups is 1. The summed E-state index contributed by atoms with van der Waals surface area (Å²) < 4.78 is 0. The number of hydrogen-bond donors (Lipinski definition) is 1. The van der Waals surface area contributed by atoms with Gasteiger partial charge in [-0.3, -0.25) is 10.1 Å². The first-order valence-corrected chi connectivity index (χ1v) is 4.75. The average Bonchev–Trinajstić information content (AvgIpc) is 2.17. The monoisotopic (exact) mass is 206 g/mol. The lowest BCUT2D eigenvalue weighted by molar-refractivity contribution is -0.385. The Bertz CT molecular complexity index is 375. The van der Waals surface area contributed by atoms with Crippen molar-refractivity contribution in [1.82, 2.24) is 0 Å². The molecule has 0 fully saturated rings. The molecule has 4 nitrogen and oxygen atoms in total. The Kier molecular flexibility index (Phi) is 3.85. The van der Waals surface area contributed by atoms with Gasteiger partial charge >= 0.3 is 0 Å². The van der Waals surface area contributed by atoms with E-state index in [1.54, 1.807) is 19.1 Å². The molecule has 4 heteroatoms. The molecule has 0 radical (unpaired) electrons. The molecule has 0 aliphatic rings. The molecule has 0 saturated heterocycles. The van der Waals surface area contributed by atoms with E-state index in [2.05, 4.69) is 11.9 Å². The third-order valence-electron chi connectivity index (χ3n) is 2.07. The summed E-state index contributed by atoms with van der Waals surface area (Å²) in [5, 5.41) is 13.7. The molecule has 0 atom stereocenters. The lowest BCUT2D eigenvalue weighted by Crippen LogP contribution is -2.01. The molecule has 0 aromatic heterocycles. The molecule has 1 N–H and O–H groups in total. The van der Waals surface area contributed by atoms with E-state index in [0.717, 1.165) is 18.7 Å². The van der Waals surface area contributed by atoms with E-state index in [4.69, 9.17) is 0 Å².